The molecule has 0 aliphatic rings. The van der Waals surface area contributed by atoms with Gasteiger partial charge < -0.3 is 47.4 Å². The number of aromatic nitrogens is 2. The number of nitro benzene ring substituents is 1. The van der Waals surface area contributed by atoms with Gasteiger partial charge in [0.1, 0.15) is 30.2 Å². The van der Waals surface area contributed by atoms with E-state index in [-0.39, 0.29) is 37.8 Å². The maximum absolute atomic E-state index is 14.4. The number of aromatic amines is 1. The molecule has 9 N–H and O–H groups in total. The molecule has 1 aromatic heterocycles. The molecule has 20 heteroatoms. The third-order valence-corrected chi connectivity index (χ3v) is 10.7. The summed E-state index contributed by atoms with van der Waals surface area (Å²) in [6, 6.07) is 24.6. The Labute approximate surface area is 391 Å². The van der Waals surface area contributed by atoms with Crippen molar-refractivity contribution < 1.29 is 43.2 Å². The maximum Gasteiger partial charge on any atom is 0.328 e. The summed E-state index contributed by atoms with van der Waals surface area (Å²) in [6.45, 7) is 0.867. The first kappa shape index (κ1) is 50.7. The fourth-order valence-electron chi connectivity index (χ4n) is 6.99. The third-order valence-electron chi connectivity index (χ3n) is 10.7. The number of hydrogen-bond acceptors (Lipinski definition) is 12. The number of non-ortho nitro benzene ring substituents is 1. The first-order valence-corrected chi connectivity index (χ1v) is 21.6. The molecule has 5 rings (SSSR count). The molecule has 20 nitrogen and oxygen atoms in total. The monoisotopic (exact) mass is 930 g/mol. The second kappa shape index (κ2) is 25.4. The Morgan fingerprint density at radius 3 is 1.54 bits per heavy atom. The summed E-state index contributed by atoms with van der Waals surface area (Å²) in [7, 11) is 1.19. The molecule has 0 saturated carbocycles. The van der Waals surface area contributed by atoms with E-state index in [4.69, 9.17) is 10.5 Å². The van der Waals surface area contributed by atoms with Gasteiger partial charge in [0, 0.05) is 49.7 Å². The van der Waals surface area contributed by atoms with Crippen LogP contribution in [0.2, 0.25) is 0 Å². The predicted octanol–water partition coefficient (Wildman–Crippen LogP) is 0.892. The number of nitro groups is 1. The number of benzene rings is 4. The lowest BCUT2D eigenvalue weighted by Gasteiger charge is -2.26. The van der Waals surface area contributed by atoms with Crippen molar-refractivity contribution in [2.24, 2.45) is 5.73 Å². The fraction of sp³-hybridized carbons (Fsp3) is 0.292. The van der Waals surface area contributed by atoms with Crippen LogP contribution in [0.4, 0.5) is 5.69 Å². The van der Waals surface area contributed by atoms with Crippen molar-refractivity contribution in [3.63, 3.8) is 0 Å². The third kappa shape index (κ3) is 16.0. The molecule has 0 aliphatic carbocycles. The summed E-state index contributed by atoms with van der Waals surface area (Å²) in [4.78, 5) is 113. The van der Waals surface area contributed by atoms with Crippen molar-refractivity contribution in [2.45, 2.75) is 75.3 Å². The van der Waals surface area contributed by atoms with Gasteiger partial charge in [-0.05, 0) is 35.6 Å². The molecule has 4 aromatic carbocycles. The van der Waals surface area contributed by atoms with Crippen LogP contribution >= 0.6 is 0 Å². The van der Waals surface area contributed by atoms with Crippen molar-refractivity contribution >= 4 is 47.1 Å². The summed E-state index contributed by atoms with van der Waals surface area (Å²) >= 11 is 0. The number of methoxy groups -OCH3 is 1. The fourth-order valence-corrected chi connectivity index (χ4v) is 6.99. The molecule has 6 amide bonds. The van der Waals surface area contributed by atoms with Crippen LogP contribution in [-0.4, -0.2) is 106 Å². The topological polar surface area (TPSA) is 299 Å². The van der Waals surface area contributed by atoms with Crippen molar-refractivity contribution in [2.75, 3.05) is 13.7 Å². The van der Waals surface area contributed by atoms with Crippen molar-refractivity contribution in [1.29, 1.82) is 0 Å². The molecule has 6 atom stereocenters. The minimum Gasteiger partial charge on any atom is -0.467 e. The summed E-state index contributed by atoms with van der Waals surface area (Å²) in [5, 5.41) is 27.1. The number of rotatable bonds is 24. The minimum absolute atomic E-state index is 0.0665. The molecule has 0 spiro atoms. The normalized spacial score (nSPS) is 13.5. The zero-order valence-corrected chi connectivity index (χ0v) is 37.4. The highest BCUT2D eigenvalue weighted by molar-refractivity contribution is 5.97. The second-order valence-corrected chi connectivity index (χ2v) is 15.9. The molecular weight excluding hydrogens is 877 g/mol. The lowest BCUT2D eigenvalue weighted by atomic mass is 10.0. The lowest BCUT2D eigenvalue weighted by molar-refractivity contribution is -0.384. The van der Waals surface area contributed by atoms with Gasteiger partial charge in [-0.2, -0.15) is 0 Å². The zero-order chi connectivity index (χ0) is 49.0. The number of H-pyrrole nitrogens is 1. The zero-order valence-electron chi connectivity index (χ0n) is 37.4. The summed E-state index contributed by atoms with van der Waals surface area (Å²) in [6.07, 6.45) is 2.70. The highest BCUT2D eigenvalue weighted by atomic mass is 16.6. The van der Waals surface area contributed by atoms with Crippen molar-refractivity contribution in [1.82, 2.24) is 41.9 Å². The van der Waals surface area contributed by atoms with E-state index >= 15 is 0 Å². The molecule has 356 valence electrons. The average molecular weight is 931 g/mol. The summed E-state index contributed by atoms with van der Waals surface area (Å²) in [5.74, 6) is -5.24. The van der Waals surface area contributed by atoms with Crippen LogP contribution in [0.5, 0.6) is 0 Å². The predicted molar refractivity (Wildman–Crippen MR) is 248 cm³/mol. The molecule has 0 bridgehead atoms. The van der Waals surface area contributed by atoms with Crippen LogP contribution < -0.4 is 37.6 Å². The number of carbonyl (C=O) groups excluding carboxylic acids is 7. The van der Waals surface area contributed by atoms with Crippen LogP contribution in [0.25, 0.3) is 0 Å². The number of amides is 6. The van der Waals surface area contributed by atoms with Gasteiger partial charge in [0.05, 0.1) is 30.9 Å². The van der Waals surface area contributed by atoms with Crippen LogP contribution in [0.15, 0.2) is 128 Å². The van der Waals surface area contributed by atoms with E-state index in [1.165, 1.54) is 50.8 Å². The van der Waals surface area contributed by atoms with Gasteiger partial charge in [0.15, 0.2) is 0 Å². The number of imidazole rings is 1. The van der Waals surface area contributed by atoms with E-state index < -0.39 is 89.1 Å². The molecule has 5 aromatic rings. The average Bonchev–Trinajstić information content (AvgIpc) is 3.86. The molecule has 0 aliphatic heterocycles. The van der Waals surface area contributed by atoms with E-state index in [2.05, 4.69) is 41.9 Å². The lowest BCUT2D eigenvalue weighted by Crippen LogP contribution is -2.60. The van der Waals surface area contributed by atoms with Gasteiger partial charge in [-0.15, -0.1) is 0 Å². The van der Waals surface area contributed by atoms with Gasteiger partial charge in [0.25, 0.3) is 5.69 Å². The number of hydrogen-bond donors (Lipinski definition) is 8. The van der Waals surface area contributed by atoms with Crippen LogP contribution in [-0.2, 0) is 70.4 Å². The smallest absolute Gasteiger partial charge is 0.328 e. The van der Waals surface area contributed by atoms with Gasteiger partial charge in [-0.1, -0.05) is 103 Å². The Bertz CT molecular complexity index is 2480. The number of ether oxygens (including phenoxy) is 1. The number of nitrogens with zero attached hydrogens (tertiary/aromatic N) is 2. The Kier molecular flexibility index (Phi) is 19.0. The Hall–Kier alpha value is -8.26. The largest absolute Gasteiger partial charge is 0.467 e. The minimum atomic E-state index is -1.45. The molecule has 0 fully saturated rings. The molecule has 68 heavy (non-hydrogen) atoms. The number of carbonyl (C=O) groups is 7. The van der Waals surface area contributed by atoms with E-state index in [0.29, 0.717) is 16.8 Å². The standard InChI is InChI=1S/C48H54N10O10/c1-30(43(60)57-41(48(65)68-2)25-33-16-10-5-11-17-33)53-45(62)38(23-32-14-8-4-9-15-32)55-46(63)39(24-34-18-20-36(21-19-34)58(66)67)56-47(64)40(26-35-27-50-29-52-35)54-42(59)28-51-44(61)37(49)22-31-12-6-3-7-13-31/h3-21,27,29-30,37-41H,22-26,28,49H2,1-2H3,(H,50,52)(H,51,61)(H,53,62)(H,54,59)(H,55,63)(H,56,64)(H,57,60). The van der Waals surface area contributed by atoms with E-state index in [0.717, 1.165) is 11.1 Å². The first-order chi connectivity index (χ1) is 32.7. The van der Waals surface area contributed by atoms with Gasteiger partial charge in [-0.3, -0.25) is 38.9 Å². The summed E-state index contributed by atoms with van der Waals surface area (Å²) < 4.78 is 4.91. The Morgan fingerprint density at radius 2 is 1.06 bits per heavy atom. The first-order valence-electron chi connectivity index (χ1n) is 21.6. The maximum atomic E-state index is 14.4. The quantitative estimate of drug-likeness (QED) is 0.0243. The Morgan fingerprint density at radius 1 is 0.603 bits per heavy atom. The SMILES string of the molecule is COC(=O)C(Cc1ccccc1)NC(=O)C(C)NC(=O)C(Cc1ccccc1)NC(=O)C(Cc1ccc([N+](=O)[O-])cc1)NC(=O)C(Cc1cnc[nH]1)NC(=O)CNC(=O)C(N)Cc1ccccc1. The van der Waals surface area contributed by atoms with Crippen molar-refractivity contribution in [3.8, 4) is 0 Å². The number of nitrogens with one attached hydrogen (secondary N) is 7. The molecule has 0 saturated heterocycles. The molecule has 6 unspecified atom stereocenters. The number of nitrogens with two attached hydrogens (primary N) is 1. The highest BCUT2D eigenvalue weighted by Gasteiger charge is 2.33. The van der Waals surface area contributed by atoms with Gasteiger partial charge in [0.2, 0.25) is 35.4 Å². The van der Waals surface area contributed by atoms with Crippen LogP contribution in [0.3, 0.4) is 0 Å². The van der Waals surface area contributed by atoms with Gasteiger partial charge in [-0.25, -0.2) is 9.78 Å². The van der Waals surface area contributed by atoms with Crippen molar-refractivity contribution in [3.05, 3.63) is 166 Å². The number of esters is 1. The molecule has 0 radical (unpaired) electrons. The van der Waals surface area contributed by atoms with E-state index in [9.17, 15) is 43.7 Å². The van der Waals surface area contributed by atoms with E-state index in [1.807, 2.05) is 18.2 Å². The molecular formula is C48H54N10O10. The molecule has 1 heterocycles. The second-order valence-electron chi connectivity index (χ2n) is 15.9. The van der Waals surface area contributed by atoms with Gasteiger partial charge >= 0.3 is 5.97 Å². The van der Waals surface area contributed by atoms with E-state index in [1.54, 1.807) is 72.8 Å². The van der Waals surface area contributed by atoms with Crippen LogP contribution in [0, 0.1) is 10.1 Å². The summed E-state index contributed by atoms with van der Waals surface area (Å²) in [5.41, 5.74) is 8.89. The van der Waals surface area contributed by atoms with Crippen LogP contribution in [0.1, 0.15) is 34.9 Å². The highest BCUT2D eigenvalue weighted by Crippen LogP contribution is 2.15. The Balaban J connectivity index is 1.34.